The quantitative estimate of drug-likeness (QED) is 0.722. The fourth-order valence-electron chi connectivity index (χ4n) is 1.53. The predicted octanol–water partition coefficient (Wildman–Crippen LogP) is 1.44. The van der Waals surface area contributed by atoms with Gasteiger partial charge in [-0.15, -0.1) is 0 Å². The second kappa shape index (κ2) is 3.97. The molecule has 16 heavy (non-hydrogen) atoms. The minimum absolute atomic E-state index is 0.121. The van der Waals surface area contributed by atoms with Crippen molar-refractivity contribution in [2.75, 3.05) is 13.2 Å². The van der Waals surface area contributed by atoms with Crippen molar-refractivity contribution in [1.29, 1.82) is 0 Å². The standard InChI is InChI=1S/C11H16N2O3/c1-11(2,3)10-12-9(16-13-10)7-6-15-5-4-8(7)14/h7H,4-6H2,1-3H3. The number of rotatable bonds is 1. The third kappa shape index (κ3) is 2.14. The highest BCUT2D eigenvalue weighted by atomic mass is 16.5. The Bertz CT molecular complexity index is 392. The van der Waals surface area contributed by atoms with E-state index in [2.05, 4.69) is 10.1 Å². The van der Waals surface area contributed by atoms with Crippen molar-refractivity contribution in [3.63, 3.8) is 0 Å². The molecular formula is C11H16N2O3. The summed E-state index contributed by atoms with van der Waals surface area (Å²) in [4.78, 5) is 15.9. The Morgan fingerprint density at radius 1 is 1.38 bits per heavy atom. The number of carbonyl (C=O) groups is 1. The van der Waals surface area contributed by atoms with E-state index in [4.69, 9.17) is 9.26 Å². The van der Waals surface area contributed by atoms with E-state index < -0.39 is 0 Å². The summed E-state index contributed by atoms with van der Waals surface area (Å²) in [5.74, 6) is 0.753. The average molecular weight is 224 g/mol. The second-order valence-corrected chi connectivity index (χ2v) is 5.05. The van der Waals surface area contributed by atoms with Gasteiger partial charge in [0.1, 0.15) is 11.7 Å². The van der Waals surface area contributed by atoms with Crippen LogP contribution in [0.5, 0.6) is 0 Å². The summed E-state index contributed by atoms with van der Waals surface area (Å²) in [6, 6.07) is 0. The van der Waals surface area contributed by atoms with Crippen molar-refractivity contribution in [3.8, 4) is 0 Å². The molecule has 2 heterocycles. The van der Waals surface area contributed by atoms with Gasteiger partial charge in [-0.3, -0.25) is 4.79 Å². The van der Waals surface area contributed by atoms with Gasteiger partial charge in [-0.1, -0.05) is 25.9 Å². The first-order valence-corrected chi connectivity index (χ1v) is 5.43. The molecule has 1 aliphatic rings. The smallest absolute Gasteiger partial charge is 0.239 e. The summed E-state index contributed by atoms with van der Waals surface area (Å²) in [5, 5.41) is 3.90. The first-order valence-electron chi connectivity index (χ1n) is 5.43. The number of hydrogen-bond acceptors (Lipinski definition) is 5. The number of hydrogen-bond donors (Lipinski definition) is 0. The Labute approximate surface area is 94.2 Å². The van der Waals surface area contributed by atoms with Gasteiger partial charge in [-0.05, 0) is 0 Å². The van der Waals surface area contributed by atoms with Crippen LogP contribution in [0.2, 0.25) is 0 Å². The molecule has 5 heteroatoms. The molecule has 0 aliphatic carbocycles. The maximum absolute atomic E-state index is 11.6. The molecule has 0 aromatic carbocycles. The summed E-state index contributed by atoms with van der Waals surface area (Å²) >= 11 is 0. The molecule has 1 atom stereocenters. The molecule has 5 nitrogen and oxygen atoms in total. The lowest BCUT2D eigenvalue weighted by Crippen LogP contribution is -2.26. The summed E-state index contributed by atoms with van der Waals surface area (Å²) in [6.07, 6.45) is 0.428. The van der Waals surface area contributed by atoms with E-state index in [0.717, 1.165) is 0 Å². The van der Waals surface area contributed by atoms with Crippen LogP contribution in [0.25, 0.3) is 0 Å². The minimum Gasteiger partial charge on any atom is -0.380 e. The van der Waals surface area contributed by atoms with Crippen molar-refractivity contribution >= 4 is 5.78 Å². The van der Waals surface area contributed by atoms with Gasteiger partial charge in [0.05, 0.1) is 13.2 Å². The SMILES string of the molecule is CC(C)(C)c1noc(C2COCCC2=O)n1. The monoisotopic (exact) mass is 224 g/mol. The molecule has 1 saturated heterocycles. The van der Waals surface area contributed by atoms with Crippen LogP contribution in [-0.2, 0) is 14.9 Å². The molecule has 0 N–H and O–H groups in total. The topological polar surface area (TPSA) is 65.2 Å². The van der Waals surface area contributed by atoms with Gasteiger partial charge < -0.3 is 9.26 Å². The van der Waals surface area contributed by atoms with Crippen LogP contribution in [0.1, 0.15) is 44.8 Å². The van der Waals surface area contributed by atoms with Gasteiger partial charge in [-0.2, -0.15) is 4.98 Å². The average Bonchev–Trinajstić information content (AvgIpc) is 2.66. The van der Waals surface area contributed by atoms with Crippen LogP contribution >= 0.6 is 0 Å². The van der Waals surface area contributed by atoms with E-state index in [1.807, 2.05) is 20.8 Å². The highest BCUT2D eigenvalue weighted by molar-refractivity contribution is 5.85. The minimum atomic E-state index is -0.377. The maximum atomic E-state index is 11.6. The molecule has 1 unspecified atom stereocenters. The number of aromatic nitrogens is 2. The molecule has 88 valence electrons. The molecular weight excluding hydrogens is 208 g/mol. The van der Waals surface area contributed by atoms with E-state index >= 15 is 0 Å². The molecule has 1 aromatic rings. The first-order chi connectivity index (χ1) is 7.48. The van der Waals surface area contributed by atoms with E-state index in [1.165, 1.54) is 0 Å². The highest BCUT2D eigenvalue weighted by Crippen LogP contribution is 2.24. The highest BCUT2D eigenvalue weighted by Gasteiger charge is 2.31. The van der Waals surface area contributed by atoms with Crippen LogP contribution in [0.15, 0.2) is 4.52 Å². The fraction of sp³-hybridized carbons (Fsp3) is 0.727. The fourth-order valence-corrected chi connectivity index (χ4v) is 1.53. The molecule has 2 rings (SSSR count). The van der Waals surface area contributed by atoms with Crippen LogP contribution in [0, 0.1) is 0 Å². The Kier molecular flexibility index (Phi) is 2.80. The number of nitrogens with zero attached hydrogens (tertiary/aromatic N) is 2. The van der Waals surface area contributed by atoms with Gasteiger partial charge in [0.2, 0.25) is 5.89 Å². The number of ether oxygens (including phenoxy) is 1. The predicted molar refractivity (Wildman–Crippen MR) is 56.2 cm³/mol. The van der Waals surface area contributed by atoms with E-state index in [1.54, 1.807) is 0 Å². The lowest BCUT2D eigenvalue weighted by atomic mass is 9.96. The van der Waals surface area contributed by atoms with E-state index in [9.17, 15) is 4.79 Å². The Balaban J connectivity index is 2.21. The number of carbonyl (C=O) groups excluding carboxylic acids is 1. The summed E-state index contributed by atoms with van der Waals surface area (Å²) in [7, 11) is 0. The molecule has 0 saturated carbocycles. The Morgan fingerprint density at radius 2 is 2.12 bits per heavy atom. The summed E-state index contributed by atoms with van der Waals surface area (Å²) in [5.41, 5.74) is -0.166. The Morgan fingerprint density at radius 3 is 2.69 bits per heavy atom. The zero-order valence-electron chi connectivity index (χ0n) is 9.82. The number of ketones is 1. The van der Waals surface area contributed by atoms with Crippen LogP contribution in [-0.4, -0.2) is 29.1 Å². The maximum Gasteiger partial charge on any atom is 0.239 e. The van der Waals surface area contributed by atoms with E-state index in [-0.39, 0.29) is 17.1 Å². The second-order valence-electron chi connectivity index (χ2n) is 5.05. The van der Waals surface area contributed by atoms with Gasteiger partial charge in [-0.25, -0.2) is 0 Å². The van der Waals surface area contributed by atoms with Gasteiger partial charge in [0, 0.05) is 11.8 Å². The lowest BCUT2D eigenvalue weighted by molar-refractivity contribution is -0.127. The summed E-state index contributed by atoms with van der Waals surface area (Å²) in [6.45, 7) is 6.85. The van der Waals surface area contributed by atoms with Crippen molar-refractivity contribution in [1.82, 2.24) is 10.1 Å². The van der Waals surface area contributed by atoms with Crippen molar-refractivity contribution in [2.45, 2.75) is 38.5 Å². The van der Waals surface area contributed by atoms with Crippen molar-refractivity contribution < 1.29 is 14.1 Å². The van der Waals surface area contributed by atoms with E-state index in [0.29, 0.717) is 31.3 Å². The molecule has 0 bridgehead atoms. The van der Waals surface area contributed by atoms with Crippen molar-refractivity contribution in [2.24, 2.45) is 0 Å². The zero-order valence-corrected chi connectivity index (χ0v) is 9.82. The molecule has 0 amide bonds. The van der Waals surface area contributed by atoms with Gasteiger partial charge in [0.25, 0.3) is 0 Å². The molecule has 1 aromatic heterocycles. The molecule has 0 radical (unpaired) electrons. The van der Waals surface area contributed by atoms with Crippen molar-refractivity contribution in [3.05, 3.63) is 11.7 Å². The molecule has 1 fully saturated rings. The largest absolute Gasteiger partial charge is 0.380 e. The normalized spacial score (nSPS) is 22.4. The molecule has 1 aliphatic heterocycles. The third-order valence-corrected chi connectivity index (χ3v) is 2.58. The van der Waals surface area contributed by atoms with Crippen LogP contribution < -0.4 is 0 Å². The van der Waals surface area contributed by atoms with Gasteiger partial charge >= 0.3 is 0 Å². The number of Topliss-reactive ketones (excluding diaryl/α,β-unsaturated/α-hetero) is 1. The summed E-state index contributed by atoms with van der Waals surface area (Å²) < 4.78 is 10.4. The van der Waals surface area contributed by atoms with Gasteiger partial charge in [0.15, 0.2) is 5.82 Å². The lowest BCUT2D eigenvalue weighted by Gasteiger charge is -2.17. The Hall–Kier alpha value is -1.23. The first kappa shape index (κ1) is 11.3. The third-order valence-electron chi connectivity index (χ3n) is 2.58. The zero-order chi connectivity index (χ0) is 11.8. The van der Waals surface area contributed by atoms with Crippen LogP contribution in [0.3, 0.4) is 0 Å². The molecule has 0 spiro atoms. The van der Waals surface area contributed by atoms with Crippen LogP contribution in [0.4, 0.5) is 0 Å².